The quantitative estimate of drug-likeness (QED) is 0.406. The van der Waals surface area contributed by atoms with E-state index in [-0.39, 0.29) is 5.38 Å². The molecule has 0 aliphatic heterocycles. The fourth-order valence-electron chi connectivity index (χ4n) is 1.37. The van der Waals surface area contributed by atoms with Crippen LogP contribution in [0.4, 0.5) is 0 Å². The van der Waals surface area contributed by atoms with Gasteiger partial charge in [0.15, 0.2) is 0 Å². The molecule has 0 saturated carbocycles. The summed E-state index contributed by atoms with van der Waals surface area (Å²) in [7, 11) is 0. The van der Waals surface area contributed by atoms with Crippen molar-refractivity contribution in [3.05, 3.63) is 52.5 Å². The van der Waals surface area contributed by atoms with Crippen LogP contribution in [0.15, 0.2) is 37.7 Å². The third-order valence-corrected chi connectivity index (χ3v) is 6.16. The summed E-state index contributed by atoms with van der Waals surface area (Å²) in [6, 6.07) is 7.94. The van der Waals surface area contributed by atoms with Crippen molar-refractivity contribution in [2.45, 2.75) is 5.38 Å². The fraction of sp³-hybridized carbons (Fsp3) is 0.0909. The Labute approximate surface area is 139 Å². The Balaban J connectivity index is 2.39. The first-order chi connectivity index (χ1) is 7.97. The van der Waals surface area contributed by atoms with E-state index in [0.717, 1.165) is 28.2 Å². The molecule has 0 fully saturated rings. The standard InChI is InChI=1S/C11H5Br3Cl2S/c12-6-1-5(2-7(13)3-6)10(15)9-4-8(14)11(16)17-9/h1-4,10H. The van der Waals surface area contributed by atoms with Crippen LogP contribution in [0.3, 0.4) is 0 Å². The van der Waals surface area contributed by atoms with E-state index < -0.39 is 0 Å². The van der Waals surface area contributed by atoms with Crippen molar-refractivity contribution >= 4 is 82.3 Å². The average Bonchev–Trinajstić information content (AvgIpc) is 2.57. The molecular formula is C11H5Br3Cl2S. The molecule has 6 heteroatoms. The summed E-state index contributed by atoms with van der Waals surface area (Å²) >= 11 is 24.2. The molecule has 2 rings (SSSR count). The third kappa shape index (κ3) is 3.48. The molecule has 1 unspecified atom stereocenters. The van der Waals surface area contributed by atoms with Gasteiger partial charge >= 0.3 is 0 Å². The number of alkyl halides is 1. The van der Waals surface area contributed by atoms with Crippen LogP contribution in [0.2, 0.25) is 4.34 Å². The van der Waals surface area contributed by atoms with Gasteiger partial charge < -0.3 is 0 Å². The molecule has 1 atom stereocenters. The molecule has 90 valence electrons. The van der Waals surface area contributed by atoms with Crippen LogP contribution in [0.5, 0.6) is 0 Å². The Bertz CT molecular complexity index is 514. The van der Waals surface area contributed by atoms with E-state index in [0.29, 0.717) is 0 Å². The van der Waals surface area contributed by atoms with Crippen LogP contribution < -0.4 is 0 Å². The van der Waals surface area contributed by atoms with Gasteiger partial charge in [0.05, 0.1) is 5.38 Å². The number of halogens is 5. The molecule has 1 aromatic heterocycles. The monoisotopic (exact) mass is 476 g/mol. The Morgan fingerprint density at radius 3 is 2.06 bits per heavy atom. The predicted octanol–water partition coefficient (Wildman–Crippen LogP) is 7.02. The number of hydrogen-bond acceptors (Lipinski definition) is 1. The van der Waals surface area contributed by atoms with Gasteiger partial charge in [-0.05, 0) is 45.8 Å². The van der Waals surface area contributed by atoms with Gasteiger partial charge in [0.25, 0.3) is 0 Å². The lowest BCUT2D eigenvalue weighted by Gasteiger charge is -2.08. The van der Waals surface area contributed by atoms with Crippen molar-refractivity contribution in [3.63, 3.8) is 0 Å². The maximum atomic E-state index is 6.45. The minimum Gasteiger partial charge on any atom is -0.125 e. The molecule has 0 bridgehead atoms. The van der Waals surface area contributed by atoms with Crippen molar-refractivity contribution in [2.24, 2.45) is 0 Å². The van der Waals surface area contributed by atoms with Crippen LogP contribution in [-0.2, 0) is 0 Å². The highest BCUT2D eigenvalue weighted by Gasteiger charge is 2.16. The Hall–Kier alpha value is 0.940. The van der Waals surface area contributed by atoms with E-state index in [2.05, 4.69) is 47.8 Å². The summed E-state index contributed by atoms with van der Waals surface area (Å²) in [5.41, 5.74) is 1.03. The van der Waals surface area contributed by atoms with Gasteiger partial charge in [0.2, 0.25) is 0 Å². The minimum absolute atomic E-state index is 0.197. The van der Waals surface area contributed by atoms with Gasteiger partial charge in [-0.2, -0.15) is 0 Å². The van der Waals surface area contributed by atoms with E-state index in [1.54, 1.807) is 0 Å². The highest BCUT2D eigenvalue weighted by molar-refractivity contribution is 9.11. The molecule has 2 aromatic rings. The molecule has 0 aliphatic carbocycles. The van der Waals surface area contributed by atoms with Crippen LogP contribution in [0.25, 0.3) is 0 Å². The second-order valence-corrected chi connectivity index (χ2v) is 8.14. The van der Waals surface area contributed by atoms with Crippen molar-refractivity contribution in [1.82, 2.24) is 0 Å². The van der Waals surface area contributed by atoms with Crippen molar-refractivity contribution < 1.29 is 0 Å². The number of rotatable bonds is 2. The minimum atomic E-state index is -0.197. The molecule has 0 aliphatic rings. The van der Waals surface area contributed by atoms with Crippen molar-refractivity contribution in [2.75, 3.05) is 0 Å². The average molecular weight is 480 g/mol. The van der Waals surface area contributed by atoms with Crippen molar-refractivity contribution in [1.29, 1.82) is 0 Å². The molecule has 0 saturated heterocycles. The maximum Gasteiger partial charge on any atom is 0.107 e. The number of thiophene rings is 1. The number of benzene rings is 1. The lowest BCUT2D eigenvalue weighted by Crippen LogP contribution is -1.90. The van der Waals surface area contributed by atoms with Gasteiger partial charge in [0.1, 0.15) is 4.34 Å². The molecule has 0 N–H and O–H groups in total. The van der Waals surface area contributed by atoms with E-state index in [9.17, 15) is 0 Å². The Morgan fingerprint density at radius 2 is 1.59 bits per heavy atom. The molecular weight excluding hydrogens is 475 g/mol. The highest BCUT2D eigenvalue weighted by Crippen LogP contribution is 2.41. The van der Waals surface area contributed by atoms with E-state index in [1.165, 1.54) is 11.3 Å². The molecule has 0 spiro atoms. The highest BCUT2D eigenvalue weighted by atomic mass is 79.9. The maximum absolute atomic E-state index is 6.45. The largest absolute Gasteiger partial charge is 0.125 e. The first-order valence-corrected chi connectivity index (χ1v) is 8.53. The summed E-state index contributed by atoms with van der Waals surface area (Å²) in [4.78, 5) is 1.02. The molecule has 17 heavy (non-hydrogen) atoms. The summed E-state index contributed by atoms with van der Waals surface area (Å²) < 4.78 is 3.60. The molecule has 0 radical (unpaired) electrons. The zero-order valence-electron chi connectivity index (χ0n) is 8.18. The lowest BCUT2D eigenvalue weighted by molar-refractivity contribution is 1.17. The van der Waals surface area contributed by atoms with Crippen molar-refractivity contribution in [3.8, 4) is 0 Å². The molecule has 0 amide bonds. The van der Waals surface area contributed by atoms with E-state index in [1.807, 2.05) is 24.3 Å². The summed E-state index contributed by atoms with van der Waals surface area (Å²) in [6.07, 6.45) is 0. The topological polar surface area (TPSA) is 0 Å². The Kier molecular flexibility index (Phi) is 5.01. The Morgan fingerprint density at radius 1 is 1.00 bits per heavy atom. The predicted molar refractivity (Wildman–Crippen MR) is 86.6 cm³/mol. The van der Waals surface area contributed by atoms with Crippen LogP contribution in [0, 0.1) is 0 Å². The van der Waals surface area contributed by atoms with E-state index in [4.69, 9.17) is 23.2 Å². The SMILES string of the molecule is Clc1sc(C(Cl)c2cc(Br)cc(Br)c2)cc1Br. The van der Waals surface area contributed by atoms with Gasteiger partial charge in [-0.1, -0.05) is 43.5 Å². The summed E-state index contributed by atoms with van der Waals surface area (Å²) in [5, 5.41) is -0.197. The zero-order chi connectivity index (χ0) is 12.6. The second-order valence-electron chi connectivity index (χ2n) is 3.34. The second kappa shape index (κ2) is 5.93. The molecule has 0 nitrogen and oxygen atoms in total. The smallest absolute Gasteiger partial charge is 0.107 e. The van der Waals surface area contributed by atoms with Gasteiger partial charge in [-0.25, -0.2) is 0 Å². The summed E-state index contributed by atoms with van der Waals surface area (Å²) in [5.74, 6) is 0. The first kappa shape index (κ1) is 14.4. The van der Waals surface area contributed by atoms with Gasteiger partial charge in [-0.15, -0.1) is 22.9 Å². The lowest BCUT2D eigenvalue weighted by atomic mass is 10.1. The summed E-state index contributed by atoms with van der Waals surface area (Å²) in [6.45, 7) is 0. The van der Waals surface area contributed by atoms with Gasteiger partial charge in [0, 0.05) is 18.3 Å². The van der Waals surface area contributed by atoms with E-state index >= 15 is 0 Å². The molecule has 1 heterocycles. The first-order valence-electron chi connectivity index (χ1n) is 4.52. The van der Waals surface area contributed by atoms with Gasteiger partial charge in [-0.3, -0.25) is 0 Å². The van der Waals surface area contributed by atoms with Crippen LogP contribution in [-0.4, -0.2) is 0 Å². The van der Waals surface area contributed by atoms with Crippen LogP contribution >= 0.6 is 82.3 Å². The third-order valence-electron chi connectivity index (χ3n) is 2.09. The normalized spacial score (nSPS) is 12.8. The number of hydrogen-bond donors (Lipinski definition) is 0. The fourth-order valence-corrected chi connectivity index (χ4v) is 4.77. The zero-order valence-corrected chi connectivity index (χ0v) is 15.3. The molecule has 1 aromatic carbocycles. The van der Waals surface area contributed by atoms with Crippen LogP contribution in [0.1, 0.15) is 15.8 Å².